The third-order valence-electron chi connectivity index (χ3n) is 2.13. The molecule has 0 aliphatic rings. The van der Waals surface area contributed by atoms with Gasteiger partial charge in [0.1, 0.15) is 12.1 Å². The number of nitrogens with one attached hydrogen (secondary N) is 1. The molecule has 1 N–H and O–H groups in total. The lowest BCUT2D eigenvalue weighted by atomic mass is 10.2. The average molecular weight is 341 g/mol. The van der Waals surface area contributed by atoms with Crippen LogP contribution in [-0.4, -0.2) is 17.0 Å². The Labute approximate surface area is 114 Å². The lowest BCUT2D eigenvalue weighted by Gasteiger charge is -2.07. The maximum Gasteiger partial charge on any atom is 0.235 e. The molecule has 17 heavy (non-hydrogen) atoms. The molecule has 4 nitrogen and oxygen atoms in total. The van der Waals surface area contributed by atoms with E-state index >= 15 is 0 Å². The summed E-state index contributed by atoms with van der Waals surface area (Å²) in [4.78, 5) is 8.02. The molecule has 2 rings (SSSR count). The van der Waals surface area contributed by atoms with Crippen molar-refractivity contribution in [3.8, 4) is 11.6 Å². The summed E-state index contributed by atoms with van der Waals surface area (Å²) in [6.45, 7) is 0.818. The van der Waals surface area contributed by atoms with Crippen LogP contribution in [0.5, 0.6) is 11.6 Å². The van der Waals surface area contributed by atoms with E-state index in [1.54, 1.807) is 6.20 Å². The van der Waals surface area contributed by atoms with Gasteiger partial charge in [-0.1, -0.05) is 12.1 Å². The van der Waals surface area contributed by atoms with E-state index in [0.717, 1.165) is 15.9 Å². The van der Waals surface area contributed by atoms with Crippen molar-refractivity contribution in [3.63, 3.8) is 0 Å². The van der Waals surface area contributed by atoms with Crippen LogP contribution in [0.1, 0.15) is 5.56 Å². The third kappa shape index (κ3) is 3.37. The molecule has 2 aromatic rings. The minimum absolute atomic E-state index is 0.585. The maximum atomic E-state index is 5.71. The van der Waals surface area contributed by atoms with Crippen molar-refractivity contribution in [1.82, 2.24) is 15.3 Å². The molecule has 0 radical (unpaired) electrons. The van der Waals surface area contributed by atoms with Gasteiger partial charge in [0.2, 0.25) is 5.88 Å². The number of hydrogen-bond donors (Lipinski definition) is 1. The molecule has 5 heteroatoms. The van der Waals surface area contributed by atoms with Crippen molar-refractivity contribution < 1.29 is 4.74 Å². The molecule has 0 fully saturated rings. The number of hydrogen-bond acceptors (Lipinski definition) is 4. The maximum absolute atomic E-state index is 5.71. The van der Waals surface area contributed by atoms with Gasteiger partial charge in [0.15, 0.2) is 0 Å². The van der Waals surface area contributed by atoms with Crippen LogP contribution in [0.3, 0.4) is 0 Å². The van der Waals surface area contributed by atoms with Crippen molar-refractivity contribution in [2.45, 2.75) is 6.54 Å². The van der Waals surface area contributed by atoms with Crippen molar-refractivity contribution in [1.29, 1.82) is 0 Å². The van der Waals surface area contributed by atoms with Gasteiger partial charge in [-0.2, -0.15) is 0 Å². The van der Waals surface area contributed by atoms with Crippen LogP contribution in [0.25, 0.3) is 0 Å². The van der Waals surface area contributed by atoms with Gasteiger partial charge >= 0.3 is 0 Å². The van der Waals surface area contributed by atoms with Gasteiger partial charge in [0, 0.05) is 12.7 Å². The highest BCUT2D eigenvalue weighted by atomic mass is 127. The van der Waals surface area contributed by atoms with Crippen LogP contribution in [0, 0.1) is 3.57 Å². The fourth-order valence-electron chi connectivity index (χ4n) is 1.41. The highest BCUT2D eigenvalue weighted by Gasteiger charge is 2.04. The van der Waals surface area contributed by atoms with Crippen molar-refractivity contribution >= 4 is 22.6 Å². The topological polar surface area (TPSA) is 47.0 Å². The Morgan fingerprint density at radius 1 is 1.41 bits per heavy atom. The summed E-state index contributed by atoms with van der Waals surface area (Å²) in [6.07, 6.45) is 3.20. The summed E-state index contributed by atoms with van der Waals surface area (Å²) < 4.78 is 6.60. The predicted molar refractivity (Wildman–Crippen MR) is 74.0 cm³/mol. The molecule has 1 heterocycles. The van der Waals surface area contributed by atoms with E-state index < -0.39 is 0 Å². The molecule has 0 spiro atoms. The van der Waals surface area contributed by atoms with Crippen LogP contribution >= 0.6 is 22.6 Å². The molecule has 0 aliphatic heterocycles. The van der Waals surface area contributed by atoms with Crippen molar-refractivity contribution in [3.05, 3.63) is 45.9 Å². The molecule has 88 valence electrons. The quantitative estimate of drug-likeness (QED) is 0.869. The van der Waals surface area contributed by atoms with Gasteiger partial charge < -0.3 is 10.1 Å². The average Bonchev–Trinajstić information content (AvgIpc) is 2.33. The highest BCUT2D eigenvalue weighted by Crippen LogP contribution is 2.23. The second-order valence-electron chi connectivity index (χ2n) is 3.46. The summed E-state index contributed by atoms with van der Waals surface area (Å²) in [5.41, 5.74) is 1.18. The molecule has 0 saturated heterocycles. The fraction of sp³-hybridized carbons (Fsp3) is 0.167. The van der Waals surface area contributed by atoms with Crippen LogP contribution in [0.15, 0.2) is 36.8 Å². The van der Waals surface area contributed by atoms with E-state index in [0.29, 0.717) is 5.88 Å². The standard InChI is InChI=1S/C12H12IN3O/c1-14-6-9-3-2-4-10(5-9)17-12-11(13)7-15-8-16-12/h2-5,7-8,14H,6H2,1H3. The lowest BCUT2D eigenvalue weighted by Crippen LogP contribution is -2.04. The molecule has 0 unspecified atom stereocenters. The van der Waals surface area contributed by atoms with E-state index in [4.69, 9.17) is 4.74 Å². The third-order valence-corrected chi connectivity index (χ3v) is 2.87. The Morgan fingerprint density at radius 3 is 3.06 bits per heavy atom. The number of rotatable bonds is 4. The molecule has 0 amide bonds. The number of nitrogens with zero attached hydrogens (tertiary/aromatic N) is 2. The Morgan fingerprint density at radius 2 is 2.29 bits per heavy atom. The van der Waals surface area contributed by atoms with Gasteiger partial charge in [-0.05, 0) is 47.3 Å². The molecule has 0 saturated carbocycles. The van der Waals surface area contributed by atoms with E-state index in [-0.39, 0.29) is 0 Å². The minimum atomic E-state index is 0.585. The summed E-state index contributed by atoms with van der Waals surface area (Å²) in [6, 6.07) is 7.93. The number of halogens is 1. The van der Waals surface area contributed by atoms with Crippen molar-refractivity contribution in [2.75, 3.05) is 7.05 Å². The number of ether oxygens (including phenoxy) is 1. The second-order valence-corrected chi connectivity index (χ2v) is 4.62. The zero-order valence-electron chi connectivity index (χ0n) is 9.35. The van der Waals surface area contributed by atoms with Crippen molar-refractivity contribution in [2.24, 2.45) is 0 Å². The summed E-state index contributed by atoms with van der Waals surface area (Å²) in [5.74, 6) is 1.37. The molecule has 0 aliphatic carbocycles. The second kappa shape index (κ2) is 5.92. The van der Waals surface area contributed by atoms with E-state index in [1.807, 2.05) is 31.3 Å². The first-order valence-corrected chi connectivity index (χ1v) is 6.24. The first-order chi connectivity index (χ1) is 8.29. The Bertz CT molecular complexity index is 505. The molecular formula is C12H12IN3O. The fourth-order valence-corrected chi connectivity index (χ4v) is 1.82. The van der Waals surface area contributed by atoms with Gasteiger partial charge in [-0.3, -0.25) is 0 Å². The number of aromatic nitrogens is 2. The monoisotopic (exact) mass is 341 g/mol. The zero-order chi connectivity index (χ0) is 12.1. The molecule has 0 atom stereocenters. The lowest BCUT2D eigenvalue weighted by molar-refractivity contribution is 0.457. The van der Waals surface area contributed by atoms with Gasteiger partial charge in [0.05, 0.1) is 3.57 Å². The summed E-state index contributed by atoms with van der Waals surface area (Å²) in [5, 5.41) is 3.10. The number of benzene rings is 1. The normalized spacial score (nSPS) is 10.2. The van der Waals surface area contributed by atoms with E-state index in [2.05, 4.69) is 37.9 Å². The highest BCUT2D eigenvalue weighted by molar-refractivity contribution is 14.1. The van der Waals surface area contributed by atoms with Crippen LogP contribution in [-0.2, 0) is 6.54 Å². The first-order valence-electron chi connectivity index (χ1n) is 5.16. The van der Waals surface area contributed by atoms with E-state index in [1.165, 1.54) is 11.9 Å². The van der Waals surface area contributed by atoms with Gasteiger partial charge in [-0.25, -0.2) is 9.97 Å². The molecule has 0 bridgehead atoms. The Hall–Kier alpha value is -1.21. The first kappa shape index (κ1) is 12.3. The van der Waals surface area contributed by atoms with Crippen LogP contribution in [0.4, 0.5) is 0 Å². The van der Waals surface area contributed by atoms with Gasteiger partial charge in [-0.15, -0.1) is 0 Å². The summed E-state index contributed by atoms with van der Waals surface area (Å²) >= 11 is 2.15. The van der Waals surface area contributed by atoms with Crippen LogP contribution < -0.4 is 10.1 Å². The van der Waals surface area contributed by atoms with Crippen LogP contribution in [0.2, 0.25) is 0 Å². The molecule has 1 aromatic heterocycles. The summed E-state index contributed by atoms with van der Waals surface area (Å²) in [7, 11) is 1.92. The zero-order valence-corrected chi connectivity index (χ0v) is 11.5. The largest absolute Gasteiger partial charge is 0.438 e. The SMILES string of the molecule is CNCc1cccc(Oc2ncncc2I)c1. The Balaban J connectivity index is 2.18. The minimum Gasteiger partial charge on any atom is -0.438 e. The van der Waals surface area contributed by atoms with E-state index in [9.17, 15) is 0 Å². The molecule has 1 aromatic carbocycles. The predicted octanol–water partition coefficient (Wildman–Crippen LogP) is 2.59. The Kier molecular flexibility index (Phi) is 4.27. The smallest absolute Gasteiger partial charge is 0.235 e. The van der Waals surface area contributed by atoms with Gasteiger partial charge in [0.25, 0.3) is 0 Å². The molecular weight excluding hydrogens is 329 g/mol.